The van der Waals surface area contributed by atoms with Crippen molar-refractivity contribution in [1.82, 2.24) is 0 Å². The van der Waals surface area contributed by atoms with Crippen molar-refractivity contribution in [3.8, 4) is 0 Å². The van der Waals surface area contributed by atoms with Crippen LogP contribution in [-0.2, 0) is 21.4 Å². The molecule has 0 aliphatic carbocycles. The van der Waals surface area contributed by atoms with E-state index in [1.807, 2.05) is 0 Å². The summed E-state index contributed by atoms with van der Waals surface area (Å²) in [5, 5.41) is 4.03. The highest BCUT2D eigenvalue weighted by atomic mass is 32.2. The van der Waals surface area contributed by atoms with Crippen molar-refractivity contribution >= 4 is 21.4 Å². The van der Waals surface area contributed by atoms with Gasteiger partial charge in [0.25, 0.3) is 0 Å². The van der Waals surface area contributed by atoms with E-state index in [0.29, 0.717) is 0 Å². The number of alkyl halides is 3. The van der Waals surface area contributed by atoms with Crippen LogP contribution in [0, 0.1) is 0 Å². The third-order valence-electron chi connectivity index (χ3n) is 0.292. The first kappa shape index (κ1) is 14.3. The van der Waals surface area contributed by atoms with Crippen LogP contribution in [0.25, 0.3) is 0 Å². The zero-order valence-electron chi connectivity index (χ0n) is 5.11. The van der Waals surface area contributed by atoms with Crippen molar-refractivity contribution in [3.63, 3.8) is 0 Å². The van der Waals surface area contributed by atoms with Crippen LogP contribution < -0.4 is 5.14 Å². The van der Waals surface area contributed by atoms with Crippen LogP contribution in [0.15, 0.2) is 0 Å². The molecule has 11 heteroatoms. The van der Waals surface area contributed by atoms with Gasteiger partial charge in [-0.3, -0.25) is 13.9 Å². The van der Waals surface area contributed by atoms with Crippen molar-refractivity contribution in [2.24, 2.45) is 5.14 Å². The van der Waals surface area contributed by atoms with Crippen molar-refractivity contribution in [2.75, 3.05) is 0 Å². The van der Waals surface area contributed by atoms with Gasteiger partial charge in [-0.05, 0) is 0 Å². The predicted octanol–water partition coefficient (Wildman–Crippen LogP) is -0.867. The molecule has 0 bridgehead atoms. The molecule has 0 amide bonds. The van der Waals surface area contributed by atoms with E-state index in [1.165, 1.54) is 0 Å². The first-order valence-corrected chi connectivity index (χ1v) is 4.43. The Morgan fingerprint density at radius 3 is 1.50 bits per heavy atom. The van der Waals surface area contributed by atoms with Gasteiger partial charge >= 0.3 is 15.6 Å². The van der Waals surface area contributed by atoms with Gasteiger partial charge < -0.3 is 4.55 Å². The van der Waals surface area contributed by atoms with Crippen LogP contribution in [0.4, 0.5) is 13.2 Å². The highest BCUT2D eigenvalue weighted by Crippen LogP contribution is 2.20. The largest absolute Gasteiger partial charge is 0.760 e. The molecule has 0 aliphatic rings. The van der Waals surface area contributed by atoms with E-state index in [1.54, 1.807) is 0 Å². The first-order chi connectivity index (χ1) is 4.98. The standard InChI is InChI=1S/CHF3O3S.H3NO2S/c2-1(3,4)8(5,6)7;1-4(2)3/h(H,5,6,7);1H2,(H,2,3)/p-1. The molecule has 0 aromatic heterocycles. The molecule has 0 aromatic rings. The molecule has 1 unspecified atom stereocenters. The van der Waals surface area contributed by atoms with Crippen molar-refractivity contribution < 1.29 is 34.9 Å². The molecule has 0 rings (SSSR count). The highest BCUT2D eigenvalue weighted by molar-refractivity contribution is 7.86. The lowest BCUT2D eigenvalue weighted by molar-refractivity contribution is -0.0510. The molecule has 6 nitrogen and oxygen atoms in total. The summed E-state index contributed by atoms with van der Waals surface area (Å²) in [5.41, 5.74) is -5.53. The second-order valence-corrected chi connectivity index (χ2v) is 3.12. The van der Waals surface area contributed by atoms with Gasteiger partial charge in [-0.2, -0.15) is 21.6 Å². The molecule has 0 aliphatic heterocycles. The third kappa shape index (κ3) is 9.77. The summed E-state index contributed by atoms with van der Waals surface area (Å²) >= 11 is -2.36. The van der Waals surface area contributed by atoms with Gasteiger partial charge in [-0.1, -0.05) is 0 Å². The Morgan fingerprint density at radius 2 is 1.50 bits per heavy atom. The average molecular weight is 230 g/mol. The Balaban J connectivity index is 0. The predicted molar refractivity (Wildman–Crippen MR) is 30.7 cm³/mol. The van der Waals surface area contributed by atoms with Gasteiger partial charge in [0, 0.05) is 11.3 Å². The number of nitrogens with two attached hydrogens (primary N) is 1. The third-order valence-corrected chi connectivity index (χ3v) is 0.877. The van der Waals surface area contributed by atoms with Gasteiger partial charge in [-0.25, -0.2) is 0 Å². The second-order valence-electron chi connectivity index (χ2n) is 1.18. The molecule has 0 saturated carbocycles. The van der Waals surface area contributed by atoms with Crippen LogP contribution in [0.1, 0.15) is 0 Å². The maximum Gasteiger partial charge on any atom is 0.522 e. The summed E-state index contributed by atoms with van der Waals surface area (Å²) < 4.78 is 75.1. The summed E-state index contributed by atoms with van der Waals surface area (Å²) in [5.74, 6) is 0. The van der Waals surface area contributed by atoms with E-state index in [0.717, 1.165) is 0 Å². The Morgan fingerprint density at radius 1 is 1.42 bits per heavy atom. The molecular formula is CH3F3NO5S2-. The minimum atomic E-state index is -5.84. The minimum Gasteiger partial charge on any atom is -0.760 e. The smallest absolute Gasteiger partial charge is 0.522 e. The molecular weight excluding hydrogens is 227 g/mol. The lowest BCUT2D eigenvalue weighted by Crippen LogP contribution is -2.21. The minimum absolute atomic E-state index is 2.36. The summed E-state index contributed by atoms with van der Waals surface area (Å²) in [6, 6.07) is 0. The lowest BCUT2D eigenvalue weighted by Gasteiger charge is -1.97. The fraction of sp³-hybridized carbons (Fsp3) is 1.00. The number of hydrogen-bond donors (Lipinski definition) is 2. The number of hydrogen-bond acceptors (Lipinski definition) is 4. The zero-order valence-corrected chi connectivity index (χ0v) is 6.74. The van der Waals surface area contributed by atoms with Crippen LogP contribution in [0.2, 0.25) is 0 Å². The summed E-state index contributed by atoms with van der Waals surface area (Å²) in [4.78, 5) is 0. The molecule has 0 radical (unpaired) electrons. The van der Waals surface area contributed by atoms with Crippen molar-refractivity contribution in [3.05, 3.63) is 0 Å². The topological polar surface area (TPSA) is 121 Å². The summed E-state index contributed by atoms with van der Waals surface area (Å²) in [7, 11) is -5.84. The normalized spacial score (nSPS) is 14.5. The van der Waals surface area contributed by atoms with Gasteiger partial charge in [0.05, 0.1) is 0 Å². The molecule has 76 valence electrons. The van der Waals surface area contributed by atoms with Crippen LogP contribution in [0.3, 0.4) is 0 Å². The molecule has 0 spiro atoms. The molecule has 0 aromatic carbocycles. The van der Waals surface area contributed by atoms with Crippen LogP contribution in [-0.4, -0.2) is 27.2 Å². The van der Waals surface area contributed by atoms with Gasteiger partial charge in [0.1, 0.15) is 0 Å². The van der Waals surface area contributed by atoms with E-state index in [-0.39, 0.29) is 0 Å². The molecule has 0 heterocycles. The Labute approximate surface area is 67.7 Å². The van der Waals surface area contributed by atoms with Crippen molar-refractivity contribution in [2.45, 2.75) is 5.51 Å². The quantitative estimate of drug-likeness (QED) is 0.318. The molecule has 0 saturated heterocycles. The molecule has 3 N–H and O–H groups in total. The van der Waals surface area contributed by atoms with E-state index in [2.05, 4.69) is 5.14 Å². The maximum absolute atomic E-state index is 10.7. The van der Waals surface area contributed by atoms with Crippen molar-refractivity contribution in [1.29, 1.82) is 0 Å². The maximum atomic E-state index is 10.7. The van der Waals surface area contributed by atoms with E-state index in [9.17, 15) is 13.2 Å². The van der Waals surface area contributed by atoms with E-state index >= 15 is 0 Å². The molecule has 12 heavy (non-hydrogen) atoms. The van der Waals surface area contributed by atoms with Crippen LogP contribution in [0.5, 0.6) is 0 Å². The average Bonchev–Trinajstić information content (AvgIpc) is 1.55. The van der Waals surface area contributed by atoms with Gasteiger partial charge in [-0.15, -0.1) is 0 Å². The molecule has 0 fully saturated rings. The highest BCUT2D eigenvalue weighted by Gasteiger charge is 2.44. The Bertz CT molecular complexity index is 238. The Hall–Kier alpha value is -0.230. The van der Waals surface area contributed by atoms with E-state index < -0.39 is 26.9 Å². The number of halogens is 3. The van der Waals surface area contributed by atoms with Crippen LogP contribution >= 0.6 is 0 Å². The number of rotatable bonds is 0. The fourth-order valence-electron chi connectivity index (χ4n) is 0. The summed E-state index contributed by atoms with van der Waals surface area (Å²) in [6.07, 6.45) is 0. The van der Waals surface area contributed by atoms with Gasteiger partial charge in [0.2, 0.25) is 0 Å². The lowest BCUT2D eigenvalue weighted by atomic mass is 11.6. The first-order valence-electron chi connectivity index (χ1n) is 1.86. The molecule has 1 atom stereocenters. The fourth-order valence-corrected chi connectivity index (χ4v) is 0. The van der Waals surface area contributed by atoms with E-state index in [4.69, 9.17) is 21.7 Å². The van der Waals surface area contributed by atoms with Gasteiger partial charge in [0.15, 0.2) is 0 Å². The monoisotopic (exact) mass is 230 g/mol. The SMILES string of the molecule is NS(=O)[O-].O=S(=O)(O)C(F)(F)F. The zero-order chi connectivity index (χ0) is 10.6. The second kappa shape index (κ2) is 4.71. The Kier molecular flexibility index (Phi) is 5.62. The summed E-state index contributed by atoms with van der Waals surface area (Å²) in [6.45, 7) is 0.